The minimum Gasteiger partial charge on any atom is -0.194 e. The number of aliphatic imine (C=N–C) groups is 1. The van der Waals surface area contributed by atoms with Gasteiger partial charge in [0.1, 0.15) is 0 Å². The molecule has 0 radical (unpaired) electrons. The van der Waals surface area contributed by atoms with Gasteiger partial charge in [0.25, 0.3) is 0 Å². The first-order valence-corrected chi connectivity index (χ1v) is 12.2. The zero-order chi connectivity index (χ0) is 24.2. The van der Waals surface area contributed by atoms with Gasteiger partial charge in [0.05, 0.1) is 10.8 Å². The summed E-state index contributed by atoms with van der Waals surface area (Å²) in [4.78, 5) is 4.07. The van der Waals surface area contributed by atoms with Gasteiger partial charge >= 0.3 is 0 Å². The molecule has 0 spiro atoms. The average Bonchev–Trinajstić information content (AvgIpc) is 2.80. The Morgan fingerprint density at radius 3 is 2.24 bits per heavy atom. The molecule has 0 bridgehead atoms. The van der Waals surface area contributed by atoms with E-state index >= 15 is 0 Å². The highest BCUT2D eigenvalue weighted by atomic mass is 32.1. The summed E-state index contributed by atoms with van der Waals surface area (Å²) in [5, 5.41) is 2.42. The maximum absolute atomic E-state index is 4.70. The molecule has 0 amide bonds. The van der Waals surface area contributed by atoms with Crippen molar-refractivity contribution in [2.75, 3.05) is 0 Å². The molecule has 0 aromatic heterocycles. The molecule has 0 fully saturated rings. The first-order valence-electron chi connectivity index (χ1n) is 11.8. The zero-order valence-corrected chi connectivity index (χ0v) is 21.4. The average molecular weight is 460 g/mol. The summed E-state index contributed by atoms with van der Waals surface area (Å²) in [5.74, 6) is 14.2. The molecule has 1 unspecified atom stereocenters. The van der Waals surface area contributed by atoms with E-state index in [1.165, 1.54) is 47.1 Å². The highest BCUT2D eigenvalue weighted by molar-refractivity contribution is 7.78. The summed E-state index contributed by atoms with van der Waals surface area (Å²) in [6.07, 6.45) is 3.64. The van der Waals surface area contributed by atoms with Gasteiger partial charge in [-0.15, -0.1) is 0 Å². The monoisotopic (exact) mass is 459 g/mol. The van der Waals surface area contributed by atoms with E-state index in [9.17, 15) is 0 Å². The normalized spacial score (nSPS) is 14.1. The maximum atomic E-state index is 4.70. The summed E-state index contributed by atoms with van der Waals surface area (Å²) in [6.45, 7) is 10.9. The second kappa shape index (κ2) is 10.2. The van der Waals surface area contributed by atoms with Gasteiger partial charge in [0.2, 0.25) is 0 Å². The molecule has 0 saturated carbocycles. The van der Waals surface area contributed by atoms with Crippen LogP contribution in [0.4, 0.5) is 5.69 Å². The Bertz CT molecular complexity index is 1450. The molecule has 2 heteroatoms. The van der Waals surface area contributed by atoms with Gasteiger partial charge in [-0.05, 0) is 135 Å². The minimum atomic E-state index is 0.779. The Labute approximate surface area is 209 Å². The minimum absolute atomic E-state index is 0.779. The largest absolute Gasteiger partial charge is 0.194 e. The van der Waals surface area contributed by atoms with E-state index in [0.29, 0.717) is 0 Å². The van der Waals surface area contributed by atoms with Crippen LogP contribution in [0.1, 0.15) is 69.0 Å². The van der Waals surface area contributed by atoms with E-state index in [1.54, 1.807) is 0 Å². The van der Waals surface area contributed by atoms with Crippen LogP contribution in [0.25, 0.3) is 0 Å². The molecule has 0 N–H and O–H groups in total. The van der Waals surface area contributed by atoms with Crippen molar-refractivity contribution in [3.8, 4) is 23.7 Å². The van der Waals surface area contributed by atoms with Crippen LogP contribution in [0.3, 0.4) is 0 Å². The summed E-state index contributed by atoms with van der Waals surface area (Å²) >= 11 is 4.70. The Morgan fingerprint density at radius 1 is 0.824 bits per heavy atom. The number of aryl methyl sites for hydroxylation is 3. The third-order valence-corrected chi connectivity index (χ3v) is 6.81. The summed E-state index contributed by atoms with van der Waals surface area (Å²) in [5.41, 5.74) is 12.9. The highest BCUT2D eigenvalue weighted by Crippen LogP contribution is 2.31. The predicted molar refractivity (Wildman–Crippen MR) is 146 cm³/mol. The molecule has 0 aliphatic heterocycles. The van der Waals surface area contributed by atoms with Gasteiger partial charge in [-0.2, -0.15) is 4.99 Å². The Hall–Kier alpha value is -3.42. The molecule has 4 rings (SSSR count). The highest BCUT2D eigenvalue weighted by Gasteiger charge is 2.19. The van der Waals surface area contributed by atoms with Crippen molar-refractivity contribution in [1.29, 1.82) is 0 Å². The van der Waals surface area contributed by atoms with Crippen molar-refractivity contribution in [2.45, 2.75) is 53.9 Å². The topological polar surface area (TPSA) is 12.4 Å². The van der Waals surface area contributed by atoms with E-state index in [4.69, 9.17) is 12.2 Å². The van der Waals surface area contributed by atoms with E-state index < -0.39 is 0 Å². The molecule has 168 valence electrons. The fourth-order valence-corrected chi connectivity index (χ4v) is 4.86. The second-order valence-electron chi connectivity index (χ2n) is 9.41. The van der Waals surface area contributed by atoms with Gasteiger partial charge < -0.3 is 0 Å². The quantitative estimate of drug-likeness (QED) is 0.208. The van der Waals surface area contributed by atoms with Crippen LogP contribution in [0.5, 0.6) is 0 Å². The number of hydrogen-bond acceptors (Lipinski definition) is 2. The molecule has 34 heavy (non-hydrogen) atoms. The van der Waals surface area contributed by atoms with E-state index in [1.807, 2.05) is 25.1 Å². The predicted octanol–water partition coefficient (Wildman–Crippen LogP) is 7.58. The van der Waals surface area contributed by atoms with E-state index in [2.05, 4.69) is 85.8 Å². The van der Waals surface area contributed by atoms with Crippen molar-refractivity contribution in [1.82, 2.24) is 0 Å². The van der Waals surface area contributed by atoms with Gasteiger partial charge in [0.15, 0.2) is 0 Å². The molecular formula is C32H29NS. The van der Waals surface area contributed by atoms with Crippen LogP contribution in [0.2, 0.25) is 0 Å². The van der Waals surface area contributed by atoms with Gasteiger partial charge in [-0.3, -0.25) is 0 Å². The number of thiocarbonyl (C=S) groups is 1. The van der Waals surface area contributed by atoms with Crippen molar-refractivity contribution >= 4 is 23.1 Å². The number of fused-ring (bicyclic) bond motifs is 1. The van der Waals surface area contributed by atoms with Crippen LogP contribution in [0.15, 0.2) is 47.5 Å². The Balaban J connectivity index is 1.58. The number of isothiocyanates is 1. The van der Waals surface area contributed by atoms with Gasteiger partial charge in [-0.1, -0.05) is 36.7 Å². The number of hydrogen-bond donors (Lipinski definition) is 0. The summed E-state index contributed by atoms with van der Waals surface area (Å²) in [7, 11) is 0. The summed E-state index contributed by atoms with van der Waals surface area (Å²) in [6, 6.07) is 14.5. The molecule has 3 aromatic carbocycles. The van der Waals surface area contributed by atoms with E-state index in [-0.39, 0.29) is 0 Å². The molecular weight excluding hydrogens is 430 g/mol. The molecule has 1 aliphatic rings. The van der Waals surface area contributed by atoms with Crippen LogP contribution in [-0.4, -0.2) is 5.16 Å². The van der Waals surface area contributed by atoms with Crippen molar-refractivity contribution in [3.05, 3.63) is 98.1 Å². The van der Waals surface area contributed by atoms with E-state index in [0.717, 1.165) is 39.4 Å². The van der Waals surface area contributed by atoms with Crippen LogP contribution in [-0.2, 0) is 12.8 Å². The van der Waals surface area contributed by atoms with Crippen molar-refractivity contribution in [2.24, 2.45) is 10.9 Å². The fourth-order valence-electron chi connectivity index (χ4n) is 4.76. The van der Waals surface area contributed by atoms with Crippen LogP contribution in [0, 0.1) is 57.3 Å². The first kappa shape index (κ1) is 23.7. The SMILES string of the molecule is Cc1cc(C#Cc2c(C)cc3c(c2C)CCC(C)C3)ccc1C#Cc1ccc(N=C=S)c(C)c1. The fraction of sp³-hybridized carbons (Fsp3) is 0.281. The molecule has 0 saturated heterocycles. The Kier molecular flexibility index (Phi) is 7.14. The summed E-state index contributed by atoms with van der Waals surface area (Å²) < 4.78 is 0. The number of nitrogens with zero attached hydrogens (tertiary/aromatic N) is 1. The first-order chi connectivity index (χ1) is 16.4. The maximum Gasteiger partial charge on any atom is 0.0769 e. The Morgan fingerprint density at radius 2 is 1.53 bits per heavy atom. The standard InChI is InChI=1S/C32H29NS/c1-21-6-13-31-25(5)30(23(3)19-29(31)16-21)14-9-26-7-11-28(22(2)17-26)12-8-27-10-15-32(33-20-34)24(4)18-27/h7,10-11,15,17-19,21H,6,13,16H2,1-5H3. The van der Waals surface area contributed by atoms with Crippen molar-refractivity contribution in [3.63, 3.8) is 0 Å². The molecule has 3 aromatic rings. The van der Waals surface area contributed by atoms with Crippen molar-refractivity contribution < 1.29 is 0 Å². The van der Waals surface area contributed by atoms with Crippen LogP contribution >= 0.6 is 12.2 Å². The zero-order valence-electron chi connectivity index (χ0n) is 20.6. The van der Waals surface area contributed by atoms with Crippen LogP contribution < -0.4 is 0 Å². The molecule has 1 nitrogen and oxygen atoms in total. The molecule has 0 heterocycles. The number of benzene rings is 3. The second-order valence-corrected chi connectivity index (χ2v) is 9.60. The van der Waals surface area contributed by atoms with Gasteiger partial charge in [0, 0.05) is 22.3 Å². The lowest BCUT2D eigenvalue weighted by Gasteiger charge is -2.25. The number of rotatable bonds is 1. The van der Waals surface area contributed by atoms with Gasteiger partial charge in [-0.25, -0.2) is 0 Å². The molecule has 1 atom stereocenters. The lowest BCUT2D eigenvalue weighted by atomic mass is 9.80. The lowest BCUT2D eigenvalue weighted by Crippen LogP contribution is -2.14. The lowest BCUT2D eigenvalue weighted by molar-refractivity contribution is 0.499. The third kappa shape index (κ3) is 5.21. The smallest absolute Gasteiger partial charge is 0.0769 e. The molecule has 1 aliphatic carbocycles. The third-order valence-electron chi connectivity index (χ3n) is 6.72.